The molecule has 2 heteroatoms. The zero-order valence-electron chi connectivity index (χ0n) is 9.93. The van der Waals surface area contributed by atoms with E-state index in [1.165, 1.54) is 5.56 Å². The van der Waals surface area contributed by atoms with Crippen molar-refractivity contribution in [3.8, 4) is 5.75 Å². The predicted molar refractivity (Wildman–Crippen MR) is 70.1 cm³/mol. The Balaban J connectivity index is 2.48. The largest absolute Gasteiger partial charge is 0.508 e. The molecule has 2 aromatic rings. The predicted octanol–water partition coefficient (Wildman–Crippen LogP) is 2.66. The molecule has 2 nitrogen and oxygen atoms in total. The fraction of sp³-hybridized carbons (Fsp3) is 0.200. The fourth-order valence-corrected chi connectivity index (χ4v) is 2.04. The minimum absolute atomic E-state index is 0.213. The van der Waals surface area contributed by atoms with Crippen LogP contribution >= 0.6 is 0 Å². The maximum absolute atomic E-state index is 9.33. The molecule has 0 aliphatic rings. The molecule has 1 atom stereocenters. The van der Waals surface area contributed by atoms with E-state index in [1.54, 1.807) is 12.1 Å². The second kappa shape index (κ2) is 4.60. The van der Waals surface area contributed by atoms with Gasteiger partial charge in [-0.25, -0.2) is 0 Å². The minimum atomic E-state index is -0.213. The van der Waals surface area contributed by atoms with Crippen molar-refractivity contribution in [2.75, 3.05) is 6.54 Å². The van der Waals surface area contributed by atoms with E-state index >= 15 is 0 Å². The molecular weight excluding hydrogens is 210 g/mol. The van der Waals surface area contributed by atoms with E-state index in [2.05, 4.69) is 19.1 Å². The van der Waals surface area contributed by atoms with Gasteiger partial charge >= 0.3 is 0 Å². The van der Waals surface area contributed by atoms with Crippen LogP contribution in [0.1, 0.15) is 18.1 Å². The van der Waals surface area contributed by atoms with Gasteiger partial charge in [0.05, 0.1) is 0 Å². The number of rotatable bonds is 3. The van der Waals surface area contributed by atoms with Crippen LogP contribution in [0, 0.1) is 0 Å². The molecule has 2 aromatic carbocycles. The summed E-state index contributed by atoms with van der Waals surface area (Å²) in [7, 11) is 0. The van der Waals surface area contributed by atoms with Gasteiger partial charge in [0.15, 0.2) is 0 Å². The van der Waals surface area contributed by atoms with E-state index in [9.17, 15) is 5.11 Å². The topological polar surface area (TPSA) is 46.2 Å². The molecule has 88 valence electrons. The molecule has 0 bridgehead atoms. The molecule has 17 heavy (non-hydrogen) atoms. The smallest absolute Gasteiger partial charge is 0.115 e. The van der Waals surface area contributed by atoms with Gasteiger partial charge in [-0.2, -0.15) is 0 Å². The van der Waals surface area contributed by atoms with Crippen LogP contribution in [-0.2, 0) is 5.41 Å². The quantitative estimate of drug-likeness (QED) is 0.846. The van der Waals surface area contributed by atoms with Gasteiger partial charge in [0, 0.05) is 12.0 Å². The maximum Gasteiger partial charge on any atom is 0.115 e. The SMILES string of the molecule is CC(CN)(c1ccccc1)c1ccc(O)cc1. The maximum atomic E-state index is 9.33. The number of hydrogen-bond donors (Lipinski definition) is 2. The van der Waals surface area contributed by atoms with Gasteiger partial charge in [0.25, 0.3) is 0 Å². The van der Waals surface area contributed by atoms with Gasteiger partial charge in [-0.15, -0.1) is 0 Å². The normalized spacial score (nSPS) is 14.2. The first-order chi connectivity index (χ1) is 8.16. The Labute approximate surface area is 102 Å². The molecule has 3 N–H and O–H groups in total. The Kier molecular flexibility index (Phi) is 3.16. The number of hydrogen-bond acceptors (Lipinski definition) is 2. The third-order valence-corrected chi connectivity index (χ3v) is 3.32. The molecule has 0 fully saturated rings. The van der Waals surface area contributed by atoms with E-state index < -0.39 is 0 Å². The summed E-state index contributed by atoms with van der Waals surface area (Å²) in [5.41, 5.74) is 8.04. The lowest BCUT2D eigenvalue weighted by atomic mass is 9.76. The monoisotopic (exact) mass is 227 g/mol. The highest BCUT2D eigenvalue weighted by molar-refractivity contribution is 5.40. The standard InChI is InChI=1S/C15H17NO/c1-15(11-16,12-5-3-2-4-6-12)13-7-9-14(17)10-8-13/h2-10,17H,11,16H2,1H3. The molecule has 0 radical (unpaired) electrons. The van der Waals surface area contributed by atoms with Gasteiger partial charge < -0.3 is 10.8 Å². The summed E-state index contributed by atoms with van der Waals surface area (Å²) in [4.78, 5) is 0. The Hall–Kier alpha value is -1.80. The van der Waals surface area contributed by atoms with Crippen molar-refractivity contribution in [2.45, 2.75) is 12.3 Å². The van der Waals surface area contributed by atoms with E-state index in [0.29, 0.717) is 6.54 Å². The third kappa shape index (κ3) is 2.17. The summed E-state index contributed by atoms with van der Waals surface area (Å²) in [6.07, 6.45) is 0. The van der Waals surface area contributed by atoms with Crippen LogP contribution < -0.4 is 5.73 Å². The summed E-state index contributed by atoms with van der Waals surface area (Å²) < 4.78 is 0. The van der Waals surface area contributed by atoms with Crippen molar-refractivity contribution in [1.29, 1.82) is 0 Å². The minimum Gasteiger partial charge on any atom is -0.508 e. The van der Waals surface area contributed by atoms with E-state index in [4.69, 9.17) is 5.73 Å². The number of benzene rings is 2. The molecule has 0 aliphatic heterocycles. The van der Waals surface area contributed by atoms with Gasteiger partial charge in [-0.3, -0.25) is 0 Å². The second-order valence-corrected chi connectivity index (χ2v) is 4.45. The van der Waals surface area contributed by atoms with Crippen LogP contribution in [0.4, 0.5) is 0 Å². The van der Waals surface area contributed by atoms with Crippen LogP contribution in [0.15, 0.2) is 54.6 Å². The van der Waals surface area contributed by atoms with Crippen molar-refractivity contribution in [3.63, 3.8) is 0 Å². The number of aromatic hydroxyl groups is 1. The average molecular weight is 227 g/mol. The Bertz CT molecular complexity index is 478. The van der Waals surface area contributed by atoms with Gasteiger partial charge in [-0.05, 0) is 23.3 Å². The first kappa shape index (κ1) is 11.7. The number of phenolic OH excluding ortho intramolecular Hbond substituents is 1. The first-order valence-electron chi connectivity index (χ1n) is 5.72. The van der Waals surface area contributed by atoms with Crippen molar-refractivity contribution < 1.29 is 5.11 Å². The van der Waals surface area contributed by atoms with E-state index in [0.717, 1.165) is 5.56 Å². The third-order valence-electron chi connectivity index (χ3n) is 3.32. The lowest BCUT2D eigenvalue weighted by Gasteiger charge is -2.29. The highest BCUT2D eigenvalue weighted by Crippen LogP contribution is 2.31. The molecule has 0 heterocycles. The van der Waals surface area contributed by atoms with Crippen LogP contribution in [0.3, 0.4) is 0 Å². The van der Waals surface area contributed by atoms with Crippen LogP contribution in [-0.4, -0.2) is 11.7 Å². The molecule has 0 saturated heterocycles. The number of nitrogens with two attached hydrogens (primary N) is 1. The summed E-state index contributed by atoms with van der Waals surface area (Å²) >= 11 is 0. The molecule has 0 saturated carbocycles. The number of phenols is 1. The lowest BCUT2D eigenvalue weighted by Crippen LogP contribution is -2.32. The van der Waals surface area contributed by atoms with Crippen molar-refractivity contribution in [2.24, 2.45) is 5.73 Å². The highest BCUT2D eigenvalue weighted by atomic mass is 16.3. The second-order valence-electron chi connectivity index (χ2n) is 4.45. The average Bonchev–Trinajstić information content (AvgIpc) is 2.40. The molecule has 0 amide bonds. The Morgan fingerprint density at radius 3 is 2.00 bits per heavy atom. The van der Waals surface area contributed by atoms with Crippen molar-refractivity contribution in [1.82, 2.24) is 0 Å². The van der Waals surface area contributed by atoms with Crippen LogP contribution in [0.5, 0.6) is 5.75 Å². The van der Waals surface area contributed by atoms with Crippen molar-refractivity contribution >= 4 is 0 Å². The molecular formula is C15H17NO. The van der Waals surface area contributed by atoms with E-state index in [-0.39, 0.29) is 11.2 Å². The molecule has 2 rings (SSSR count). The Morgan fingerprint density at radius 2 is 1.47 bits per heavy atom. The van der Waals surface area contributed by atoms with Crippen LogP contribution in [0.2, 0.25) is 0 Å². The summed E-state index contributed by atoms with van der Waals surface area (Å²) in [6, 6.07) is 17.5. The van der Waals surface area contributed by atoms with Gasteiger partial charge in [-0.1, -0.05) is 49.4 Å². The van der Waals surface area contributed by atoms with E-state index in [1.807, 2.05) is 30.3 Å². The van der Waals surface area contributed by atoms with Gasteiger partial charge in [0.2, 0.25) is 0 Å². The molecule has 0 spiro atoms. The first-order valence-corrected chi connectivity index (χ1v) is 5.72. The summed E-state index contributed by atoms with van der Waals surface area (Å²) in [5.74, 6) is 0.279. The molecule has 0 aromatic heterocycles. The lowest BCUT2D eigenvalue weighted by molar-refractivity contribution is 0.474. The highest BCUT2D eigenvalue weighted by Gasteiger charge is 2.26. The fourth-order valence-electron chi connectivity index (χ4n) is 2.04. The van der Waals surface area contributed by atoms with Crippen LogP contribution in [0.25, 0.3) is 0 Å². The van der Waals surface area contributed by atoms with Gasteiger partial charge in [0.1, 0.15) is 5.75 Å². The zero-order chi connectivity index (χ0) is 12.3. The molecule has 1 unspecified atom stereocenters. The summed E-state index contributed by atoms with van der Waals surface area (Å²) in [6.45, 7) is 2.65. The zero-order valence-corrected chi connectivity index (χ0v) is 9.93. The van der Waals surface area contributed by atoms with Crippen molar-refractivity contribution in [3.05, 3.63) is 65.7 Å². The molecule has 0 aliphatic carbocycles. The summed E-state index contributed by atoms with van der Waals surface area (Å²) in [5, 5.41) is 9.33. The Morgan fingerprint density at radius 1 is 0.941 bits per heavy atom.